The van der Waals surface area contributed by atoms with Crippen molar-refractivity contribution in [3.05, 3.63) is 33.8 Å². The second-order valence-electron chi connectivity index (χ2n) is 22.8. The highest BCUT2D eigenvalue weighted by molar-refractivity contribution is 9.09. The molecule has 0 aromatic carbocycles. The van der Waals surface area contributed by atoms with Crippen molar-refractivity contribution < 1.29 is 28.6 Å². The first-order chi connectivity index (χ1) is 30.6. The molecule has 2 heterocycles. The number of halogens is 5. The first-order valence-electron chi connectivity index (χ1n) is 24.3. The molecule has 10 nitrogen and oxygen atoms in total. The van der Waals surface area contributed by atoms with Crippen LogP contribution in [0.3, 0.4) is 0 Å². The normalized spacial score (nSPS) is 44.6. The number of hydrogen-bond acceptors (Lipinski definition) is 8. The summed E-state index contributed by atoms with van der Waals surface area (Å²) in [4.78, 5) is 25.8. The van der Waals surface area contributed by atoms with Gasteiger partial charge >= 0.3 is 0 Å². The quantitative estimate of drug-likeness (QED) is 0.249. The summed E-state index contributed by atoms with van der Waals surface area (Å²) in [5, 5.41) is 49.2. The Morgan fingerprint density at radius 3 is 1.65 bits per heavy atom. The lowest BCUT2D eigenvalue weighted by atomic mass is 9.48. The number of alkyl halides is 3. The number of aromatic nitrogens is 4. The molecule has 16 atom stereocenters. The Kier molecular flexibility index (Phi) is 13.7. The molecule has 356 valence electrons. The van der Waals surface area contributed by atoms with E-state index in [0.29, 0.717) is 84.0 Å². The van der Waals surface area contributed by atoms with Crippen LogP contribution in [0.1, 0.15) is 154 Å². The molecule has 8 saturated carbocycles. The fourth-order valence-corrected chi connectivity index (χ4v) is 17.0. The molecule has 2 aromatic rings. The summed E-state index contributed by atoms with van der Waals surface area (Å²) >= 11 is 14.7. The lowest BCUT2D eigenvalue weighted by molar-refractivity contribution is -0.166. The van der Waals surface area contributed by atoms with Crippen molar-refractivity contribution in [2.75, 3.05) is 5.33 Å². The van der Waals surface area contributed by atoms with Crippen molar-refractivity contribution in [2.24, 2.45) is 70.0 Å². The van der Waals surface area contributed by atoms with Gasteiger partial charge in [-0.2, -0.15) is 20.7 Å². The zero-order valence-electron chi connectivity index (χ0n) is 38.4. The minimum absolute atomic E-state index is 0.0308. The molecular formula is C50H67BrCl2F2N6O4. The Labute approximate surface area is 401 Å². The summed E-state index contributed by atoms with van der Waals surface area (Å²) in [6, 6.07) is 3.85. The van der Waals surface area contributed by atoms with Crippen LogP contribution in [-0.4, -0.2) is 69.6 Å². The maximum absolute atomic E-state index is 16.5. The molecule has 8 aliphatic carbocycles. The van der Waals surface area contributed by atoms with Gasteiger partial charge in [0.1, 0.15) is 45.5 Å². The Morgan fingerprint density at radius 1 is 0.738 bits per heavy atom. The van der Waals surface area contributed by atoms with E-state index in [2.05, 4.69) is 45.1 Å². The number of nitriles is 2. The molecule has 2 aromatic heterocycles. The highest BCUT2D eigenvalue weighted by Crippen LogP contribution is 2.68. The van der Waals surface area contributed by atoms with Crippen molar-refractivity contribution in [3.63, 3.8) is 0 Å². The molecule has 0 saturated heterocycles. The van der Waals surface area contributed by atoms with Gasteiger partial charge in [0, 0.05) is 18.0 Å². The lowest BCUT2D eigenvalue weighted by Gasteiger charge is -2.59. The smallest absolute Gasteiger partial charge is 0.168 e. The predicted octanol–water partition coefficient (Wildman–Crippen LogP) is 11.1. The second-order valence-corrected chi connectivity index (χ2v) is 24.1. The third kappa shape index (κ3) is 8.80. The summed E-state index contributed by atoms with van der Waals surface area (Å²) in [5.74, 6) is 2.48. The van der Waals surface area contributed by atoms with Gasteiger partial charge < -0.3 is 10.2 Å². The van der Waals surface area contributed by atoms with Crippen LogP contribution < -0.4 is 0 Å². The van der Waals surface area contributed by atoms with Gasteiger partial charge in [0.2, 0.25) is 0 Å². The minimum Gasteiger partial charge on any atom is -0.390 e. The van der Waals surface area contributed by atoms with E-state index in [1.165, 1.54) is 17.1 Å². The average Bonchev–Trinajstić information content (AvgIpc) is 4.04. The van der Waals surface area contributed by atoms with Gasteiger partial charge in [-0.3, -0.25) is 19.4 Å². The topological polar surface area (TPSA) is 169 Å². The van der Waals surface area contributed by atoms with Crippen LogP contribution in [0.25, 0.3) is 0 Å². The zero-order chi connectivity index (χ0) is 46.9. The number of hydrogen-bond donors (Lipinski definition) is 3. The predicted molar refractivity (Wildman–Crippen MR) is 247 cm³/mol. The number of Topliss-reactive ketones (excluding diaryl/α,β-unsaturated/α-hetero) is 2. The molecule has 2 unspecified atom stereocenters. The third-order valence-electron chi connectivity index (χ3n) is 19.4. The number of ketones is 2. The molecule has 3 N–H and O–H groups in total. The molecule has 0 bridgehead atoms. The Morgan fingerprint density at radius 2 is 1.23 bits per heavy atom. The van der Waals surface area contributed by atoms with E-state index in [1.54, 1.807) is 0 Å². The standard InChI is InChI=1S/C25H33ClFN3O2.C21H32BrFO2.C4H2ClN3/c1-23(32)9-10-25(27)16(11-23)3-4-17-18-5-6-20(24(18,2)8-7-19(17)25)21(31)14-30-13-15(12-28)22(26)29-30;1-19(25)9-10-21(23)13(11-19)3-4-14-15-5-6-17(18(24)12-22)20(15,2)8-7-16(14)21;5-4-3(1-6)2-7-8-4/h13,16-20,32H,3-11,14H2,1-2H3;13-17,25H,3-12H2,1-2H3;2H,(H,7,8)/t16-,17+,18+,19?,20-,23-,24+,25-;13-,14+,15+,16?,17-,19-,20+,21-;/m11./s1. The van der Waals surface area contributed by atoms with E-state index < -0.39 is 22.5 Å². The molecule has 0 spiro atoms. The van der Waals surface area contributed by atoms with Gasteiger partial charge in [-0.1, -0.05) is 53.0 Å². The summed E-state index contributed by atoms with van der Waals surface area (Å²) in [6.07, 6.45) is 17.7. The molecule has 8 aliphatic rings. The fraction of sp³-hybridized carbons (Fsp3) is 0.800. The van der Waals surface area contributed by atoms with E-state index >= 15 is 8.78 Å². The molecule has 0 radical (unpaired) electrons. The number of nitrogens with zero attached hydrogens (tertiary/aromatic N) is 5. The van der Waals surface area contributed by atoms with Gasteiger partial charge in [0.15, 0.2) is 10.9 Å². The largest absolute Gasteiger partial charge is 0.390 e. The van der Waals surface area contributed by atoms with Crippen molar-refractivity contribution >= 4 is 50.7 Å². The van der Waals surface area contributed by atoms with E-state index in [9.17, 15) is 19.8 Å². The van der Waals surface area contributed by atoms with Crippen LogP contribution in [0.2, 0.25) is 10.3 Å². The highest BCUT2D eigenvalue weighted by atomic mass is 79.9. The van der Waals surface area contributed by atoms with E-state index in [1.807, 2.05) is 26.0 Å². The SMILES string of the molecule is C[C@@]1(O)CC[C@]2(F)C3CC[C@]4(C)[C@@H](C(=O)CBr)CC[C@H]4[C@@H]3CC[C@@H]2C1.C[C@@]1(O)CC[C@]2(F)C3CC[C@]4(C)[C@@H](C(=O)Cn5cc(C#N)c(Cl)n5)CC[C@H]4[C@@H]3CC[C@@H]2C1.N#Cc1cn[nH]c1Cl. The molecule has 0 aliphatic heterocycles. The van der Waals surface area contributed by atoms with Crippen LogP contribution in [0.4, 0.5) is 8.78 Å². The van der Waals surface area contributed by atoms with Crippen LogP contribution in [0.5, 0.6) is 0 Å². The summed E-state index contributed by atoms with van der Waals surface area (Å²) in [7, 11) is 0. The van der Waals surface area contributed by atoms with E-state index in [-0.39, 0.29) is 69.4 Å². The van der Waals surface area contributed by atoms with Crippen LogP contribution in [0.15, 0.2) is 12.4 Å². The number of fused-ring (bicyclic) bond motifs is 10. The van der Waals surface area contributed by atoms with Gasteiger partial charge in [0.25, 0.3) is 0 Å². The molecule has 65 heavy (non-hydrogen) atoms. The van der Waals surface area contributed by atoms with E-state index in [0.717, 1.165) is 77.0 Å². The fourth-order valence-electron chi connectivity index (χ4n) is 16.3. The molecular weight excluding hydrogens is 937 g/mol. The van der Waals surface area contributed by atoms with Crippen LogP contribution in [0, 0.1) is 92.7 Å². The van der Waals surface area contributed by atoms with Crippen LogP contribution >= 0.6 is 39.1 Å². The van der Waals surface area contributed by atoms with E-state index in [4.69, 9.17) is 33.7 Å². The van der Waals surface area contributed by atoms with Crippen molar-refractivity contribution in [1.82, 2.24) is 20.0 Å². The number of aromatic amines is 1. The zero-order valence-corrected chi connectivity index (χ0v) is 41.5. The molecule has 10 rings (SSSR count). The van der Waals surface area contributed by atoms with Gasteiger partial charge in [-0.05, 0) is 188 Å². The Hall–Kier alpha value is -2.42. The number of aliphatic hydroxyl groups is 2. The summed E-state index contributed by atoms with van der Waals surface area (Å²) in [5.41, 5.74) is -3.01. The van der Waals surface area contributed by atoms with Crippen molar-refractivity contribution in [3.8, 4) is 12.1 Å². The third-order valence-corrected chi connectivity index (χ3v) is 20.5. The Balaban J connectivity index is 0.000000155. The number of carbonyl (C=O) groups is 2. The molecule has 0 amide bonds. The van der Waals surface area contributed by atoms with Gasteiger partial charge in [0.05, 0.1) is 29.3 Å². The lowest BCUT2D eigenvalue weighted by Crippen LogP contribution is -2.58. The maximum atomic E-state index is 16.5. The Bertz CT molecular complexity index is 2210. The minimum atomic E-state index is -1.16. The van der Waals surface area contributed by atoms with Gasteiger partial charge in [-0.25, -0.2) is 8.78 Å². The molecule has 8 fully saturated rings. The summed E-state index contributed by atoms with van der Waals surface area (Å²) in [6.45, 7) is 8.44. The highest BCUT2D eigenvalue weighted by Gasteiger charge is 2.65. The van der Waals surface area contributed by atoms with Crippen LogP contribution in [-0.2, 0) is 16.1 Å². The monoisotopic (exact) mass is 1000 g/mol. The van der Waals surface area contributed by atoms with Crippen molar-refractivity contribution in [1.29, 1.82) is 10.5 Å². The number of carbonyl (C=O) groups excluding carboxylic acids is 2. The van der Waals surface area contributed by atoms with Crippen molar-refractivity contribution in [2.45, 2.75) is 172 Å². The second kappa shape index (κ2) is 18.2. The first-order valence-corrected chi connectivity index (χ1v) is 26.2. The maximum Gasteiger partial charge on any atom is 0.168 e. The number of H-pyrrole nitrogens is 1. The average molecular weight is 1000 g/mol. The number of rotatable bonds is 5. The number of nitrogens with one attached hydrogen (secondary N) is 1. The summed E-state index contributed by atoms with van der Waals surface area (Å²) < 4.78 is 34.2. The first kappa shape index (κ1) is 49.0. The van der Waals surface area contributed by atoms with Gasteiger partial charge in [-0.15, -0.1) is 0 Å². The molecule has 15 heteroatoms.